The summed E-state index contributed by atoms with van der Waals surface area (Å²) in [5, 5.41) is 10.5. The van der Waals surface area contributed by atoms with Crippen molar-refractivity contribution in [2.45, 2.75) is 0 Å². The highest BCUT2D eigenvalue weighted by atomic mass is 32.2. The summed E-state index contributed by atoms with van der Waals surface area (Å²) >= 11 is 6.05. The average molecular weight is 304 g/mol. The molecule has 0 atom stereocenters. The maximum absolute atomic E-state index is 11.9. The van der Waals surface area contributed by atoms with Crippen molar-refractivity contribution in [2.24, 2.45) is 0 Å². The fourth-order valence-electron chi connectivity index (χ4n) is 1.59. The number of carbonyl (C=O) groups is 2. The highest BCUT2D eigenvalue weighted by molar-refractivity contribution is 8.26. The van der Waals surface area contributed by atoms with Crippen molar-refractivity contribution in [3.8, 4) is 0 Å². The maximum Gasteiger partial charge on any atom is 0.266 e. The van der Waals surface area contributed by atoms with Gasteiger partial charge in [0.05, 0.1) is 17.4 Å². The lowest BCUT2D eigenvalue weighted by Crippen LogP contribution is -2.40. The first kappa shape index (κ1) is 14.5. The predicted molar refractivity (Wildman–Crippen MR) is 80.5 cm³/mol. The molecule has 1 saturated heterocycles. The van der Waals surface area contributed by atoms with E-state index in [1.54, 1.807) is 12.2 Å². The maximum atomic E-state index is 11.9. The molecule has 0 bridgehead atoms. The summed E-state index contributed by atoms with van der Waals surface area (Å²) in [5.41, 5.74) is 1.01. The molecule has 6 heteroatoms. The number of rotatable bonds is 4. The summed E-state index contributed by atoms with van der Waals surface area (Å²) in [6, 6.07) is 9.62. The Kier molecular flexibility index (Phi) is 4.70. The second-order valence-electron chi connectivity index (χ2n) is 3.93. The van der Waals surface area contributed by atoms with Crippen molar-refractivity contribution >= 4 is 46.3 Å². The van der Waals surface area contributed by atoms with Crippen molar-refractivity contribution in [3.63, 3.8) is 0 Å². The molecule has 1 amide bonds. The minimum atomic E-state index is -1.33. The summed E-state index contributed by atoms with van der Waals surface area (Å²) in [6.45, 7) is -0.510. The minimum absolute atomic E-state index is 0.235. The van der Waals surface area contributed by atoms with Crippen LogP contribution in [0.15, 0.2) is 47.4 Å². The van der Waals surface area contributed by atoms with Crippen LogP contribution in [0, 0.1) is 0 Å². The molecule has 0 aliphatic carbocycles. The van der Waals surface area contributed by atoms with Gasteiger partial charge in [0.2, 0.25) is 0 Å². The molecule has 1 aromatic carbocycles. The van der Waals surface area contributed by atoms with Crippen molar-refractivity contribution in [3.05, 3.63) is 53.0 Å². The van der Waals surface area contributed by atoms with Gasteiger partial charge in [-0.2, -0.15) is 0 Å². The third-order valence-electron chi connectivity index (χ3n) is 2.50. The molecule has 0 aromatic heterocycles. The molecule has 1 aliphatic rings. The third-order valence-corrected chi connectivity index (χ3v) is 3.89. The van der Waals surface area contributed by atoms with Crippen LogP contribution in [0.2, 0.25) is 0 Å². The van der Waals surface area contributed by atoms with Crippen molar-refractivity contribution in [2.75, 3.05) is 6.54 Å². The Labute approximate surface area is 125 Å². The van der Waals surface area contributed by atoms with Crippen molar-refractivity contribution in [1.29, 1.82) is 0 Å². The molecular weight excluding hydrogens is 294 g/mol. The number of carbonyl (C=O) groups excluding carboxylic acids is 2. The van der Waals surface area contributed by atoms with Crippen LogP contribution in [-0.4, -0.2) is 27.6 Å². The van der Waals surface area contributed by atoms with Crippen LogP contribution >= 0.6 is 24.0 Å². The molecule has 0 radical (unpaired) electrons. The Morgan fingerprint density at radius 3 is 2.70 bits per heavy atom. The Morgan fingerprint density at radius 1 is 1.35 bits per heavy atom. The molecule has 0 unspecified atom stereocenters. The summed E-state index contributed by atoms with van der Waals surface area (Å²) in [4.78, 5) is 23.9. The molecule has 1 aromatic rings. The highest BCUT2D eigenvalue weighted by Gasteiger charge is 2.31. The number of hydrogen-bond acceptors (Lipinski definition) is 5. The lowest BCUT2D eigenvalue weighted by molar-refractivity contribution is -0.305. The third kappa shape index (κ3) is 3.55. The first-order valence-electron chi connectivity index (χ1n) is 5.75. The lowest BCUT2D eigenvalue weighted by atomic mass is 10.2. The predicted octanol–water partition coefficient (Wildman–Crippen LogP) is 1.19. The van der Waals surface area contributed by atoms with E-state index in [0.29, 0.717) is 4.91 Å². The van der Waals surface area contributed by atoms with E-state index < -0.39 is 18.4 Å². The van der Waals surface area contributed by atoms with Gasteiger partial charge in [-0.15, -0.1) is 0 Å². The SMILES string of the molecule is O=C([O-])CN1C(=O)/C(=C\C=C\c2ccccc2)SC1=S. The summed E-state index contributed by atoms with van der Waals surface area (Å²) < 4.78 is 0.235. The fourth-order valence-corrected chi connectivity index (χ4v) is 2.80. The molecule has 4 nitrogen and oxygen atoms in total. The monoisotopic (exact) mass is 304 g/mol. The van der Waals surface area contributed by atoms with Gasteiger partial charge in [-0.3, -0.25) is 9.69 Å². The lowest BCUT2D eigenvalue weighted by Gasteiger charge is -2.14. The Bertz CT molecular complexity index is 608. The summed E-state index contributed by atoms with van der Waals surface area (Å²) in [5.74, 6) is -1.73. The number of carboxylic acid groups (broad SMARTS) is 1. The first-order valence-corrected chi connectivity index (χ1v) is 6.97. The quantitative estimate of drug-likeness (QED) is 0.618. The topological polar surface area (TPSA) is 60.4 Å². The minimum Gasteiger partial charge on any atom is -0.548 e. The van der Waals surface area contributed by atoms with Crippen LogP contribution in [0.4, 0.5) is 0 Å². The van der Waals surface area contributed by atoms with E-state index in [1.807, 2.05) is 36.4 Å². The first-order chi connectivity index (χ1) is 9.58. The van der Waals surface area contributed by atoms with Gasteiger partial charge in [0.25, 0.3) is 5.91 Å². The van der Waals surface area contributed by atoms with Gasteiger partial charge in [-0.1, -0.05) is 66.5 Å². The molecule has 1 aliphatic heterocycles. The molecule has 2 rings (SSSR count). The van der Waals surface area contributed by atoms with E-state index in [9.17, 15) is 14.7 Å². The zero-order valence-electron chi connectivity index (χ0n) is 10.3. The van der Waals surface area contributed by atoms with E-state index in [4.69, 9.17) is 12.2 Å². The second kappa shape index (κ2) is 6.49. The Hall–Kier alpha value is -1.92. The zero-order valence-corrected chi connectivity index (χ0v) is 11.9. The van der Waals surface area contributed by atoms with E-state index in [2.05, 4.69) is 0 Å². The van der Waals surface area contributed by atoms with E-state index in [0.717, 1.165) is 22.2 Å². The molecule has 20 heavy (non-hydrogen) atoms. The average Bonchev–Trinajstić information content (AvgIpc) is 2.67. The van der Waals surface area contributed by atoms with Gasteiger partial charge in [0, 0.05) is 0 Å². The number of carboxylic acids is 1. The molecule has 1 fully saturated rings. The van der Waals surface area contributed by atoms with E-state index >= 15 is 0 Å². The van der Waals surface area contributed by atoms with Crippen molar-refractivity contribution < 1.29 is 14.7 Å². The van der Waals surface area contributed by atoms with Gasteiger partial charge >= 0.3 is 0 Å². The van der Waals surface area contributed by atoms with Crippen LogP contribution in [0.3, 0.4) is 0 Å². The van der Waals surface area contributed by atoms with E-state index in [1.165, 1.54) is 0 Å². The number of aliphatic carboxylic acids is 1. The Balaban J connectivity index is 2.08. The van der Waals surface area contributed by atoms with Crippen molar-refractivity contribution in [1.82, 2.24) is 4.90 Å². The smallest absolute Gasteiger partial charge is 0.266 e. The molecule has 1 heterocycles. The Morgan fingerprint density at radius 2 is 2.05 bits per heavy atom. The van der Waals surface area contributed by atoms with Crippen LogP contribution < -0.4 is 5.11 Å². The number of amides is 1. The summed E-state index contributed by atoms with van der Waals surface area (Å²) in [7, 11) is 0. The highest BCUT2D eigenvalue weighted by Crippen LogP contribution is 2.30. The number of thioether (sulfide) groups is 1. The number of thiocarbonyl (C=S) groups is 1. The van der Waals surface area contributed by atoms with Gasteiger partial charge in [-0.05, 0) is 11.6 Å². The zero-order chi connectivity index (χ0) is 14.5. The van der Waals surface area contributed by atoms with Crippen LogP contribution in [-0.2, 0) is 9.59 Å². The molecule has 0 saturated carbocycles. The van der Waals surface area contributed by atoms with Crippen LogP contribution in [0.1, 0.15) is 5.56 Å². The van der Waals surface area contributed by atoms with Gasteiger partial charge in [-0.25, -0.2) is 0 Å². The number of benzene rings is 1. The fraction of sp³-hybridized carbons (Fsp3) is 0.0714. The number of nitrogens with zero attached hydrogens (tertiary/aromatic N) is 1. The largest absolute Gasteiger partial charge is 0.548 e. The van der Waals surface area contributed by atoms with Gasteiger partial charge in [0.1, 0.15) is 4.32 Å². The van der Waals surface area contributed by atoms with Crippen LogP contribution in [0.25, 0.3) is 6.08 Å². The standard InChI is InChI=1S/C14H11NO3S2/c16-12(17)9-15-13(18)11(20-14(15)19)8-4-7-10-5-2-1-3-6-10/h1-8H,9H2,(H,16,17)/p-1/b7-4+,11-8+. The molecule has 102 valence electrons. The van der Waals surface area contributed by atoms with E-state index in [-0.39, 0.29) is 4.32 Å². The molecule has 0 spiro atoms. The molecular formula is C14H10NO3S2-. The summed E-state index contributed by atoms with van der Waals surface area (Å²) in [6.07, 6.45) is 5.22. The number of hydrogen-bond donors (Lipinski definition) is 0. The van der Waals surface area contributed by atoms with Crippen LogP contribution in [0.5, 0.6) is 0 Å². The van der Waals surface area contributed by atoms with Gasteiger partial charge < -0.3 is 9.90 Å². The number of allylic oxidation sites excluding steroid dienone is 2. The van der Waals surface area contributed by atoms with Gasteiger partial charge in [0.15, 0.2) is 0 Å². The molecule has 0 N–H and O–H groups in total. The normalized spacial score (nSPS) is 17.4. The second-order valence-corrected chi connectivity index (χ2v) is 5.61.